The maximum atomic E-state index is 13.0. The number of carboxylic acids is 2. The molecule has 4 fully saturated rings. The van der Waals surface area contributed by atoms with Gasteiger partial charge in [-0.25, -0.2) is 0 Å². The van der Waals surface area contributed by atoms with E-state index in [4.69, 9.17) is 9.47 Å². The fraction of sp³-hybridized carbons (Fsp3) is 0.875. The Morgan fingerprint density at radius 3 is 2.08 bits per heavy atom. The lowest BCUT2D eigenvalue weighted by molar-refractivity contribution is -0.249. The van der Waals surface area contributed by atoms with Crippen molar-refractivity contribution in [2.24, 2.45) is 50.2 Å². The molecule has 0 amide bonds. The molecular formula is C32H50O7. The summed E-state index contributed by atoms with van der Waals surface area (Å²) in [4.78, 5) is 25.8. The van der Waals surface area contributed by atoms with E-state index in [-0.39, 0.29) is 39.6 Å². The standard InChI is InChI=1S/C32H50O7/c1-27(2)13-15-32(26(36)37)16-14-29(4)18(22(32)23(27)33)9-10-20-28(3)17-19(38-7)24(39-8)31(6,25(34)35)21(28)11-12-30(20,29)5/h9,19-24,33H,10-17H2,1-8H3,(H,34,35)(H,36,37)/t19?,20?,21?,22?,23?,24?,28?,29?,30?,31-,32?/m0/s1. The third-order valence-electron chi connectivity index (χ3n) is 13.9. The number of allylic oxidation sites excluding steroid dienone is 1. The summed E-state index contributed by atoms with van der Waals surface area (Å²) in [5.41, 5.74) is -1.95. The molecule has 0 bridgehead atoms. The highest BCUT2D eigenvalue weighted by Gasteiger charge is 2.73. The zero-order valence-electron chi connectivity index (χ0n) is 25.2. The topological polar surface area (TPSA) is 113 Å². The smallest absolute Gasteiger partial charge is 0.312 e. The number of aliphatic hydroxyl groups is 1. The molecule has 0 radical (unpaired) electrons. The number of aliphatic hydroxyl groups excluding tert-OH is 1. The highest BCUT2D eigenvalue weighted by Crippen LogP contribution is 2.76. The lowest BCUT2D eigenvalue weighted by atomic mass is 9.33. The van der Waals surface area contributed by atoms with E-state index in [2.05, 4.69) is 40.7 Å². The van der Waals surface area contributed by atoms with Crippen LogP contribution in [0.15, 0.2) is 11.6 Å². The Balaban J connectivity index is 1.65. The van der Waals surface area contributed by atoms with Gasteiger partial charge in [-0.3, -0.25) is 9.59 Å². The quantitative estimate of drug-likeness (QED) is 0.396. The Kier molecular flexibility index (Phi) is 6.54. The van der Waals surface area contributed by atoms with Crippen LogP contribution < -0.4 is 0 Å². The first-order chi connectivity index (χ1) is 18.0. The maximum Gasteiger partial charge on any atom is 0.312 e. The van der Waals surface area contributed by atoms with Gasteiger partial charge >= 0.3 is 11.9 Å². The van der Waals surface area contributed by atoms with Crippen molar-refractivity contribution in [1.29, 1.82) is 0 Å². The normalized spacial score (nSPS) is 52.4. The van der Waals surface area contributed by atoms with Crippen LogP contribution in [0.3, 0.4) is 0 Å². The first-order valence-corrected chi connectivity index (χ1v) is 14.9. The van der Waals surface area contributed by atoms with Crippen LogP contribution in [0.2, 0.25) is 0 Å². The van der Waals surface area contributed by atoms with Crippen LogP contribution in [0, 0.1) is 50.2 Å². The molecule has 220 valence electrons. The van der Waals surface area contributed by atoms with Crippen LogP contribution in [0.1, 0.15) is 92.9 Å². The molecule has 0 aromatic carbocycles. The number of carboxylic acid groups (broad SMARTS) is 2. The lowest BCUT2D eigenvalue weighted by Gasteiger charge is -2.71. The highest BCUT2D eigenvalue weighted by atomic mass is 16.5. The van der Waals surface area contributed by atoms with E-state index in [9.17, 15) is 24.9 Å². The van der Waals surface area contributed by atoms with Gasteiger partial charge in [0.2, 0.25) is 0 Å². The van der Waals surface area contributed by atoms with E-state index in [1.807, 2.05) is 6.92 Å². The van der Waals surface area contributed by atoms with E-state index >= 15 is 0 Å². The first-order valence-electron chi connectivity index (χ1n) is 14.9. The van der Waals surface area contributed by atoms with Gasteiger partial charge in [-0.15, -0.1) is 0 Å². The van der Waals surface area contributed by atoms with Crippen LogP contribution in [0.5, 0.6) is 0 Å². The van der Waals surface area contributed by atoms with E-state index in [1.165, 1.54) is 0 Å². The Bertz CT molecular complexity index is 1080. The Morgan fingerprint density at radius 2 is 1.51 bits per heavy atom. The van der Waals surface area contributed by atoms with Crippen LogP contribution in [0.25, 0.3) is 0 Å². The lowest BCUT2D eigenvalue weighted by Crippen LogP contribution is -2.70. The van der Waals surface area contributed by atoms with Crippen molar-refractivity contribution in [2.45, 2.75) is 111 Å². The predicted octanol–water partition coefficient (Wildman–Crippen LogP) is 5.55. The number of rotatable bonds is 4. The average Bonchev–Trinajstić information content (AvgIpc) is 2.86. The monoisotopic (exact) mass is 546 g/mol. The van der Waals surface area contributed by atoms with E-state index in [1.54, 1.807) is 14.2 Å². The van der Waals surface area contributed by atoms with Crippen LogP contribution in [-0.2, 0) is 19.1 Å². The largest absolute Gasteiger partial charge is 0.481 e. The Morgan fingerprint density at radius 1 is 0.872 bits per heavy atom. The van der Waals surface area contributed by atoms with Crippen LogP contribution >= 0.6 is 0 Å². The number of hydrogen-bond acceptors (Lipinski definition) is 5. The van der Waals surface area contributed by atoms with Crippen molar-refractivity contribution in [3.05, 3.63) is 11.6 Å². The molecule has 3 N–H and O–H groups in total. The first kappa shape index (κ1) is 29.1. The zero-order valence-corrected chi connectivity index (χ0v) is 25.2. The maximum absolute atomic E-state index is 13.0. The molecule has 0 aliphatic heterocycles. The molecule has 0 saturated heterocycles. The summed E-state index contributed by atoms with van der Waals surface area (Å²) in [5, 5.41) is 33.0. The molecule has 0 spiro atoms. The number of aliphatic carboxylic acids is 2. The van der Waals surface area contributed by atoms with Crippen molar-refractivity contribution >= 4 is 11.9 Å². The minimum atomic E-state index is -1.08. The summed E-state index contributed by atoms with van der Waals surface area (Å²) in [6.07, 6.45) is 6.47. The van der Waals surface area contributed by atoms with Gasteiger partial charge in [0.05, 0.1) is 29.1 Å². The number of methoxy groups -OCH3 is 2. The van der Waals surface area contributed by atoms with Gasteiger partial charge in [-0.2, -0.15) is 0 Å². The minimum Gasteiger partial charge on any atom is -0.481 e. The van der Waals surface area contributed by atoms with Gasteiger partial charge in [0.1, 0.15) is 0 Å². The fourth-order valence-corrected chi connectivity index (χ4v) is 11.2. The summed E-state index contributed by atoms with van der Waals surface area (Å²) in [6, 6.07) is 0. The minimum absolute atomic E-state index is 0.0728. The summed E-state index contributed by atoms with van der Waals surface area (Å²) in [5.74, 6) is -1.87. The van der Waals surface area contributed by atoms with Crippen LogP contribution in [0.4, 0.5) is 0 Å². The molecular weight excluding hydrogens is 496 g/mol. The highest BCUT2D eigenvalue weighted by molar-refractivity contribution is 5.77. The van der Waals surface area contributed by atoms with Gasteiger partial charge in [0.25, 0.3) is 0 Å². The van der Waals surface area contributed by atoms with E-state index in [0.29, 0.717) is 19.3 Å². The average molecular weight is 547 g/mol. The molecule has 0 aromatic rings. The molecule has 4 saturated carbocycles. The van der Waals surface area contributed by atoms with Gasteiger partial charge < -0.3 is 24.8 Å². The third kappa shape index (κ3) is 3.39. The van der Waals surface area contributed by atoms with E-state index in [0.717, 1.165) is 37.7 Å². The second kappa shape index (κ2) is 8.78. The van der Waals surface area contributed by atoms with Crippen molar-refractivity contribution in [3.8, 4) is 0 Å². The fourth-order valence-electron chi connectivity index (χ4n) is 11.2. The molecule has 10 unspecified atom stereocenters. The summed E-state index contributed by atoms with van der Waals surface area (Å²) in [6.45, 7) is 13.0. The number of hydrogen-bond donors (Lipinski definition) is 3. The second-order valence-electron chi connectivity index (χ2n) is 15.4. The molecule has 5 rings (SSSR count). The predicted molar refractivity (Wildman–Crippen MR) is 147 cm³/mol. The Hall–Kier alpha value is -1.44. The summed E-state index contributed by atoms with van der Waals surface area (Å²) >= 11 is 0. The van der Waals surface area contributed by atoms with Crippen molar-refractivity contribution in [3.63, 3.8) is 0 Å². The van der Waals surface area contributed by atoms with Crippen molar-refractivity contribution in [2.75, 3.05) is 14.2 Å². The van der Waals surface area contributed by atoms with Crippen molar-refractivity contribution in [1.82, 2.24) is 0 Å². The molecule has 5 aliphatic carbocycles. The summed E-state index contributed by atoms with van der Waals surface area (Å²) in [7, 11) is 3.25. The third-order valence-corrected chi connectivity index (χ3v) is 13.9. The SMILES string of the molecule is COC1CC2(C)C3CC=C4C5C(O)C(C)(C)CCC5(C(=O)O)CCC4(C)C3(C)CCC2[C@](C)(C(=O)O)C1OC. The molecule has 11 atom stereocenters. The number of ether oxygens (including phenoxy) is 2. The molecule has 39 heavy (non-hydrogen) atoms. The molecule has 0 heterocycles. The van der Waals surface area contributed by atoms with E-state index < -0.39 is 40.9 Å². The Labute approximate surface area is 233 Å². The molecule has 5 aliphatic rings. The number of carbonyl (C=O) groups is 2. The zero-order chi connectivity index (χ0) is 29.0. The van der Waals surface area contributed by atoms with Gasteiger partial charge in [-0.05, 0) is 91.8 Å². The molecule has 0 aromatic heterocycles. The second-order valence-corrected chi connectivity index (χ2v) is 15.4. The summed E-state index contributed by atoms with van der Waals surface area (Å²) < 4.78 is 11.8. The molecule has 7 heteroatoms. The number of fused-ring (bicyclic) bond motifs is 7. The van der Waals surface area contributed by atoms with Crippen molar-refractivity contribution < 1.29 is 34.4 Å². The van der Waals surface area contributed by atoms with Gasteiger partial charge in [0.15, 0.2) is 0 Å². The van der Waals surface area contributed by atoms with Crippen LogP contribution in [-0.4, -0.2) is 59.8 Å². The van der Waals surface area contributed by atoms with Gasteiger partial charge in [-0.1, -0.05) is 46.3 Å². The molecule has 7 nitrogen and oxygen atoms in total. The van der Waals surface area contributed by atoms with Gasteiger partial charge in [0, 0.05) is 20.1 Å².